The number of hydrogen-bond donors (Lipinski definition) is 4. The first kappa shape index (κ1) is 20.7. The number of aryl methyl sites for hydroxylation is 1. The number of nitrogens with zero attached hydrogens (tertiary/aromatic N) is 3. The average Bonchev–Trinajstić information content (AvgIpc) is 2.72. The van der Waals surface area contributed by atoms with Crippen LogP contribution in [0.1, 0.15) is 15.9 Å². The number of carbonyl (C=O) groups excluding carboxylic acids is 2. The molecule has 3 rings (SSSR count). The van der Waals surface area contributed by atoms with Gasteiger partial charge in [-0.1, -0.05) is 24.2 Å². The van der Waals surface area contributed by atoms with E-state index in [4.69, 9.17) is 17.3 Å². The molecule has 0 atom stereocenters. The minimum Gasteiger partial charge on any atom is -0.366 e. The van der Waals surface area contributed by atoms with Gasteiger partial charge in [0.25, 0.3) is 0 Å². The van der Waals surface area contributed by atoms with Crippen LogP contribution in [0.5, 0.6) is 0 Å². The molecular formula is C20H18ClN7O2. The van der Waals surface area contributed by atoms with Crippen LogP contribution in [0.2, 0.25) is 5.02 Å². The summed E-state index contributed by atoms with van der Waals surface area (Å²) in [5.41, 5.74) is 7.66. The van der Waals surface area contributed by atoms with E-state index in [2.05, 4.69) is 37.5 Å². The number of nitrogens with one attached hydrogen (secondary N) is 3. The molecule has 9 nitrogen and oxygen atoms in total. The first-order valence-electron chi connectivity index (χ1n) is 8.72. The molecule has 2 heterocycles. The largest absolute Gasteiger partial charge is 0.366 e. The fraction of sp³-hybridized carbons (Fsp3) is 0.0500. The highest BCUT2D eigenvalue weighted by atomic mass is 35.5. The Morgan fingerprint density at radius 2 is 1.93 bits per heavy atom. The second kappa shape index (κ2) is 9.01. The number of nitrogens with two attached hydrogens (primary N) is 1. The van der Waals surface area contributed by atoms with E-state index in [-0.39, 0.29) is 16.9 Å². The van der Waals surface area contributed by atoms with Crippen molar-refractivity contribution in [3.8, 4) is 0 Å². The maximum Gasteiger partial charge on any atom is 0.248 e. The Kier molecular flexibility index (Phi) is 6.23. The molecule has 2 amide bonds. The smallest absolute Gasteiger partial charge is 0.248 e. The third-order valence-corrected chi connectivity index (χ3v) is 4.18. The van der Waals surface area contributed by atoms with Crippen LogP contribution in [-0.2, 0) is 4.79 Å². The van der Waals surface area contributed by atoms with Gasteiger partial charge in [-0.05, 0) is 42.8 Å². The maximum absolute atomic E-state index is 11.7. The summed E-state index contributed by atoms with van der Waals surface area (Å²) < 4.78 is 0. The van der Waals surface area contributed by atoms with Crippen molar-refractivity contribution in [2.75, 3.05) is 16.0 Å². The predicted octanol–water partition coefficient (Wildman–Crippen LogP) is 3.54. The molecule has 30 heavy (non-hydrogen) atoms. The fourth-order valence-electron chi connectivity index (χ4n) is 2.46. The van der Waals surface area contributed by atoms with Gasteiger partial charge in [0.05, 0.1) is 17.6 Å². The van der Waals surface area contributed by atoms with E-state index >= 15 is 0 Å². The van der Waals surface area contributed by atoms with Crippen molar-refractivity contribution in [1.82, 2.24) is 15.0 Å². The molecule has 0 saturated heterocycles. The Morgan fingerprint density at radius 1 is 1.13 bits per heavy atom. The average molecular weight is 424 g/mol. The molecule has 0 radical (unpaired) electrons. The molecule has 0 spiro atoms. The standard InChI is InChI=1S/C20H18ClN7O2/c1-3-17(29)25-15-8-11(2)4-5-14(15)26-19-13(21)10-24-20(28-19)27-16-9-12(18(22)30)6-7-23-16/h3-10H,1H2,2H3,(H2,22,30)(H,25,29)(H2,23,24,26,27,28). The number of primary amides is 1. The third-order valence-electron chi connectivity index (χ3n) is 3.90. The molecule has 0 bridgehead atoms. The van der Waals surface area contributed by atoms with E-state index in [0.29, 0.717) is 28.6 Å². The van der Waals surface area contributed by atoms with E-state index in [1.807, 2.05) is 13.0 Å². The zero-order chi connectivity index (χ0) is 21.7. The normalized spacial score (nSPS) is 10.2. The SMILES string of the molecule is C=CC(=O)Nc1cc(C)ccc1Nc1nc(Nc2cc(C(N)=O)ccn2)ncc1Cl. The Hall–Kier alpha value is -3.98. The lowest BCUT2D eigenvalue weighted by atomic mass is 10.2. The number of pyridine rings is 1. The zero-order valence-electron chi connectivity index (χ0n) is 15.9. The lowest BCUT2D eigenvalue weighted by Crippen LogP contribution is -2.12. The molecule has 152 valence electrons. The number of anilines is 5. The minimum atomic E-state index is -0.576. The highest BCUT2D eigenvalue weighted by molar-refractivity contribution is 6.33. The first-order chi connectivity index (χ1) is 14.4. The lowest BCUT2D eigenvalue weighted by molar-refractivity contribution is -0.111. The van der Waals surface area contributed by atoms with Crippen molar-refractivity contribution < 1.29 is 9.59 Å². The fourth-order valence-corrected chi connectivity index (χ4v) is 2.60. The number of halogens is 1. The van der Waals surface area contributed by atoms with Crippen molar-refractivity contribution in [2.24, 2.45) is 5.73 Å². The molecule has 10 heteroatoms. The summed E-state index contributed by atoms with van der Waals surface area (Å²) in [5, 5.41) is 8.98. The summed E-state index contributed by atoms with van der Waals surface area (Å²) in [7, 11) is 0. The Labute approximate surface area is 177 Å². The van der Waals surface area contributed by atoms with Gasteiger partial charge in [0.1, 0.15) is 10.8 Å². The van der Waals surface area contributed by atoms with Crippen molar-refractivity contribution >= 4 is 52.4 Å². The minimum absolute atomic E-state index is 0.194. The number of amides is 2. The quantitative estimate of drug-likeness (QED) is 0.427. The van der Waals surface area contributed by atoms with Gasteiger partial charge in [-0.15, -0.1) is 0 Å². The van der Waals surface area contributed by atoms with Gasteiger partial charge in [0.15, 0.2) is 5.82 Å². The van der Waals surface area contributed by atoms with Gasteiger partial charge in [0, 0.05) is 11.8 Å². The number of carbonyl (C=O) groups is 2. The number of hydrogen-bond acceptors (Lipinski definition) is 7. The number of benzene rings is 1. The molecule has 0 aliphatic heterocycles. The molecule has 3 aromatic rings. The summed E-state index contributed by atoms with van der Waals surface area (Å²) in [6, 6.07) is 8.45. The van der Waals surface area contributed by atoms with Gasteiger partial charge in [-0.25, -0.2) is 9.97 Å². The van der Waals surface area contributed by atoms with Crippen molar-refractivity contribution in [3.05, 3.63) is 71.5 Å². The van der Waals surface area contributed by atoms with Gasteiger partial charge in [-0.3, -0.25) is 9.59 Å². The molecule has 0 unspecified atom stereocenters. The lowest BCUT2D eigenvalue weighted by Gasteiger charge is -2.14. The molecule has 2 aromatic heterocycles. The maximum atomic E-state index is 11.7. The Morgan fingerprint density at radius 3 is 2.67 bits per heavy atom. The molecule has 0 fully saturated rings. The Balaban J connectivity index is 1.88. The molecule has 0 aliphatic carbocycles. The summed E-state index contributed by atoms with van der Waals surface area (Å²) in [6.07, 6.45) is 4.03. The van der Waals surface area contributed by atoms with Crippen LogP contribution in [0.15, 0.2) is 55.4 Å². The van der Waals surface area contributed by atoms with Crippen molar-refractivity contribution in [1.29, 1.82) is 0 Å². The summed E-state index contributed by atoms with van der Waals surface area (Å²) >= 11 is 6.24. The second-order valence-corrected chi connectivity index (χ2v) is 6.58. The van der Waals surface area contributed by atoms with Gasteiger partial charge in [-0.2, -0.15) is 4.98 Å². The van der Waals surface area contributed by atoms with Crippen LogP contribution < -0.4 is 21.7 Å². The van der Waals surface area contributed by atoms with Crippen LogP contribution in [-0.4, -0.2) is 26.8 Å². The molecular weight excluding hydrogens is 406 g/mol. The monoisotopic (exact) mass is 423 g/mol. The summed E-state index contributed by atoms with van der Waals surface area (Å²) in [4.78, 5) is 35.6. The highest BCUT2D eigenvalue weighted by Crippen LogP contribution is 2.30. The topological polar surface area (TPSA) is 135 Å². The van der Waals surface area contributed by atoms with Crippen LogP contribution in [0.3, 0.4) is 0 Å². The van der Waals surface area contributed by atoms with Crippen LogP contribution >= 0.6 is 11.6 Å². The number of rotatable bonds is 7. The van der Waals surface area contributed by atoms with Gasteiger partial charge < -0.3 is 21.7 Å². The predicted molar refractivity (Wildman–Crippen MR) is 116 cm³/mol. The molecule has 1 aromatic carbocycles. The summed E-state index contributed by atoms with van der Waals surface area (Å²) in [5.74, 6) is -0.0830. The van der Waals surface area contributed by atoms with E-state index < -0.39 is 5.91 Å². The van der Waals surface area contributed by atoms with Crippen LogP contribution in [0, 0.1) is 6.92 Å². The van der Waals surface area contributed by atoms with E-state index in [9.17, 15) is 9.59 Å². The number of aromatic nitrogens is 3. The summed E-state index contributed by atoms with van der Waals surface area (Å²) in [6.45, 7) is 5.36. The zero-order valence-corrected chi connectivity index (χ0v) is 16.7. The van der Waals surface area contributed by atoms with Crippen molar-refractivity contribution in [3.63, 3.8) is 0 Å². The van der Waals surface area contributed by atoms with E-state index in [1.165, 1.54) is 30.6 Å². The van der Waals surface area contributed by atoms with Gasteiger partial charge in [0.2, 0.25) is 17.8 Å². The molecule has 0 saturated carbocycles. The third kappa shape index (κ3) is 5.09. The van der Waals surface area contributed by atoms with Crippen molar-refractivity contribution in [2.45, 2.75) is 6.92 Å². The second-order valence-electron chi connectivity index (χ2n) is 6.18. The van der Waals surface area contributed by atoms with Crippen LogP contribution in [0.25, 0.3) is 0 Å². The Bertz CT molecular complexity index is 1130. The highest BCUT2D eigenvalue weighted by Gasteiger charge is 2.11. The van der Waals surface area contributed by atoms with Gasteiger partial charge >= 0.3 is 0 Å². The molecule has 0 aliphatic rings. The molecule has 5 N–H and O–H groups in total. The first-order valence-corrected chi connectivity index (χ1v) is 9.10. The van der Waals surface area contributed by atoms with E-state index in [0.717, 1.165) is 5.56 Å². The van der Waals surface area contributed by atoms with E-state index in [1.54, 1.807) is 12.1 Å². The van der Waals surface area contributed by atoms with Crippen LogP contribution in [0.4, 0.5) is 29.0 Å².